The molecule has 52 valence electrons. The SMILES string of the molecule is CC.CC1CCC1C#N. The molecule has 0 spiro atoms. The molecule has 0 aromatic rings. The lowest BCUT2D eigenvalue weighted by molar-refractivity contribution is 0.259. The van der Waals surface area contributed by atoms with E-state index in [0.717, 1.165) is 6.42 Å². The molecule has 1 aliphatic carbocycles. The summed E-state index contributed by atoms with van der Waals surface area (Å²) in [5, 5.41) is 8.31. The molecule has 0 radical (unpaired) electrons. The van der Waals surface area contributed by atoms with Gasteiger partial charge in [-0.25, -0.2) is 0 Å². The van der Waals surface area contributed by atoms with E-state index in [9.17, 15) is 0 Å². The second-order valence-electron chi connectivity index (χ2n) is 2.29. The normalized spacial score (nSPS) is 30.9. The summed E-state index contributed by atoms with van der Waals surface area (Å²) >= 11 is 0. The molecular formula is C8H15N. The smallest absolute Gasteiger partial charge is 0.0658 e. The first kappa shape index (κ1) is 8.49. The molecule has 1 nitrogen and oxygen atoms in total. The van der Waals surface area contributed by atoms with Crippen molar-refractivity contribution in [1.29, 1.82) is 5.26 Å². The van der Waals surface area contributed by atoms with Crippen LogP contribution in [0.1, 0.15) is 33.6 Å². The van der Waals surface area contributed by atoms with E-state index < -0.39 is 0 Å². The van der Waals surface area contributed by atoms with Crippen LogP contribution in [0.15, 0.2) is 0 Å². The Morgan fingerprint density at radius 2 is 1.89 bits per heavy atom. The number of hydrogen-bond donors (Lipinski definition) is 0. The van der Waals surface area contributed by atoms with Crippen molar-refractivity contribution in [2.45, 2.75) is 33.6 Å². The van der Waals surface area contributed by atoms with E-state index >= 15 is 0 Å². The largest absolute Gasteiger partial charge is 0.198 e. The summed E-state index contributed by atoms with van der Waals surface area (Å²) in [6, 6.07) is 2.25. The predicted molar refractivity (Wildman–Crippen MR) is 38.8 cm³/mol. The second-order valence-corrected chi connectivity index (χ2v) is 2.29. The van der Waals surface area contributed by atoms with E-state index in [1.165, 1.54) is 6.42 Å². The molecule has 9 heavy (non-hydrogen) atoms. The molecule has 2 unspecified atom stereocenters. The van der Waals surface area contributed by atoms with Crippen LogP contribution in [0.2, 0.25) is 0 Å². The van der Waals surface area contributed by atoms with Crippen LogP contribution >= 0.6 is 0 Å². The number of rotatable bonds is 0. The van der Waals surface area contributed by atoms with Crippen molar-refractivity contribution < 1.29 is 0 Å². The van der Waals surface area contributed by atoms with E-state index in [1.54, 1.807) is 0 Å². The predicted octanol–water partition coefficient (Wildman–Crippen LogP) is 2.58. The highest BCUT2D eigenvalue weighted by Crippen LogP contribution is 2.32. The van der Waals surface area contributed by atoms with Crippen molar-refractivity contribution in [3.05, 3.63) is 0 Å². The minimum atomic E-state index is 0.389. The van der Waals surface area contributed by atoms with Crippen LogP contribution in [-0.4, -0.2) is 0 Å². The number of nitrogens with zero attached hydrogens (tertiary/aromatic N) is 1. The third kappa shape index (κ3) is 2.05. The molecule has 0 aromatic carbocycles. The lowest BCUT2D eigenvalue weighted by atomic mass is 9.76. The molecule has 1 rings (SSSR count). The van der Waals surface area contributed by atoms with Gasteiger partial charge in [-0.1, -0.05) is 20.8 Å². The van der Waals surface area contributed by atoms with Gasteiger partial charge in [0.05, 0.1) is 6.07 Å². The molecule has 1 saturated carbocycles. The highest BCUT2D eigenvalue weighted by Gasteiger charge is 2.25. The lowest BCUT2D eigenvalue weighted by Crippen LogP contribution is -2.20. The van der Waals surface area contributed by atoms with Gasteiger partial charge in [-0.3, -0.25) is 0 Å². The Labute approximate surface area is 57.7 Å². The average molecular weight is 125 g/mol. The summed E-state index contributed by atoms with van der Waals surface area (Å²) in [6.45, 7) is 6.14. The molecule has 0 aromatic heterocycles. The van der Waals surface area contributed by atoms with Crippen LogP contribution < -0.4 is 0 Å². The Morgan fingerprint density at radius 1 is 1.33 bits per heavy atom. The molecule has 0 bridgehead atoms. The Morgan fingerprint density at radius 3 is 1.89 bits per heavy atom. The fourth-order valence-electron chi connectivity index (χ4n) is 0.858. The number of nitriles is 1. The summed E-state index contributed by atoms with van der Waals surface area (Å²) in [4.78, 5) is 0. The van der Waals surface area contributed by atoms with Gasteiger partial charge in [-0.2, -0.15) is 5.26 Å². The molecule has 1 fully saturated rings. The van der Waals surface area contributed by atoms with Crippen LogP contribution in [0.5, 0.6) is 0 Å². The van der Waals surface area contributed by atoms with Gasteiger partial charge in [-0.05, 0) is 18.8 Å². The summed E-state index contributed by atoms with van der Waals surface area (Å²) in [7, 11) is 0. The van der Waals surface area contributed by atoms with Gasteiger partial charge in [-0.15, -0.1) is 0 Å². The second kappa shape index (κ2) is 4.38. The topological polar surface area (TPSA) is 23.8 Å². The van der Waals surface area contributed by atoms with Crippen LogP contribution in [0.25, 0.3) is 0 Å². The molecule has 0 heterocycles. The van der Waals surface area contributed by atoms with Crippen molar-refractivity contribution in [2.75, 3.05) is 0 Å². The summed E-state index contributed by atoms with van der Waals surface area (Å²) < 4.78 is 0. The molecule has 2 atom stereocenters. The highest BCUT2D eigenvalue weighted by molar-refractivity contribution is 4.93. The van der Waals surface area contributed by atoms with Crippen molar-refractivity contribution in [2.24, 2.45) is 11.8 Å². The standard InChI is InChI=1S/C6H9N.C2H6/c1-5-2-3-6(5)4-7;1-2/h5-6H,2-3H2,1H3;1-2H3. The molecular weight excluding hydrogens is 110 g/mol. The molecule has 0 N–H and O–H groups in total. The monoisotopic (exact) mass is 125 g/mol. The van der Waals surface area contributed by atoms with Crippen molar-refractivity contribution >= 4 is 0 Å². The fraction of sp³-hybridized carbons (Fsp3) is 0.875. The highest BCUT2D eigenvalue weighted by atomic mass is 14.4. The van der Waals surface area contributed by atoms with Crippen LogP contribution in [0, 0.1) is 23.2 Å². The van der Waals surface area contributed by atoms with Crippen LogP contribution in [0.4, 0.5) is 0 Å². The van der Waals surface area contributed by atoms with E-state index in [-0.39, 0.29) is 0 Å². The van der Waals surface area contributed by atoms with Gasteiger partial charge < -0.3 is 0 Å². The van der Waals surface area contributed by atoms with Crippen molar-refractivity contribution in [3.63, 3.8) is 0 Å². The molecule has 0 amide bonds. The van der Waals surface area contributed by atoms with Crippen LogP contribution in [-0.2, 0) is 0 Å². The maximum Gasteiger partial charge on any atom is 0.0658 e. The minimum Gasteiger partial charge on any atom is -0.198 e. The van der Waals surface area contributed by atoms with Crippen molar-refractivity contribution in [3.8, 4) is 6.07 Å². The lowest BCUT2D eigenvalue weighted by Gasteiger charge is -2.26. The molecule has 1 aliphatic rings. The van der Waals surface area contributed by atoms with E-state index in [2.05, 4.69) is 13.0 Å². The minimum absolute atomic E-state index is 0.389. The van der Waals surface area contributed by atoms with Crippen molar-refractivity contribution in [1.82, 2.24) is 0 Å². The summed E-state index contributed by atoms with van der Waals surface area (Å²) in [5.41, 5.74) is 0. The Bertz CT molecular complexity index is 102. The first-order valence-electron chi connectivity index (χ1n) is 3.74. The van der Waals surface area contributed by atoms with Gasteiger partial charge in [0.2, 0.25) is 0 Å². The summed E-state index contributed by atoms with van der Waals surface area (Å²) in [6.07, 6.45) is 2.40. The Kier molecular flexibility index (Phi) is 4.13. The van der Waals surface area contributed by atoms with Gasteiger partial charge in [0.25, 0.3) is 0 Å². The third-order valence-electron chi connectivity index (χ3n) is 1.79. The van der Waals surface area contributed by atoms with Crippen LogP contribution in [0.3, 0.4) is 0 Å². The molecule has 0 aliphatic heterocycles. The Hall–Kier alpha value is -0.510. The van der Waals surface area contributed by atoms with E-state index in [4.69, 9.17) is 5.26 Å². The maximum atomic E-state index is 8.31. The third-order valence-corrected chi connectivity index (χ3v) is 1.79. The zero-order valence-corrected chi connectivity index (χ0v) is 6.52. The first-order chi connectivity index (χ1) is 4.34. The quantitative estimate of drug-likeness (QED) is 0.488. The summed E-state index contributed by atoms with van der Waals surface area (Å²) in [5.74, 6) is 1.07. The number of hydrogen-bond acceptors (Lipinski definition) is 1. The maximum absolute atomic E-state index is 8.31. The van der Waals surface area contributed by atoms with Gasteiger partial charge >= 0.3 is 0 Å². The molecule has 1 heteroatoms. The zero-order valence-electron chi connectivity index (χ0n) is 6.52. The van der Waals surface area contributed by atoms with E-state index in [0.29, 0.717) is 11.8 Å². The fourth-order valence-corrected chi connectivity index (χ4v) is 0.858. The van der Waals surface area contributed by atoms with Gasteiger partial charge in [0.1, 0.15) is 0 Å². The zero-order chi connectivity index (χ0) is 7.28. The Balaban J connectivity index is 0.000000291. The van der Waals surface area contributed by atoms with Gasteiger partial charge in [0.15, 0.2) is 0 Å². The van der Waals surface area contributed by atoms with Gasteiger partial charge in [0, 0.05) is 5.92 Å². The van der Waals surface area contributed by atoms with E-state index in [1.807, 2.05) is 13.8 Å². The average Bonchev–Trinajstić information content (AvgIpc) is 1.91. The first-order valence-corrected chi connectivity index (χ1v) is 3.74. The molecule has 0 saturated heterocycles.